The van der Waals surface area contributed by atoms with Gasteiger partial charge in [-0.1, -0.05) is 6.07 Å². The van der Waals surface area contributed by atoms with E-state index in [4.69, 9.17) is 0 Å². The molecule has 2 rings (SSSR count). The van der Waals surface area contributed by atoms with Crippen molar-refractivity contribution < 1.29 is 0 Å². The van der Waals surface area contributed by atoms with Crippen molar-refractivity contribution in [3.05, 3.63) is 46.6 Å². The summed E-state index contributed by atoms with van der Waals surface area (Å²) in [6.45, 7) is 2.71. The van der Waals surface area contributed by atoms with E-state index in [2.05, 4.69) is 30.9 Å². The summed E-state index contributed by atoms with van der Waals surface area (Å²) in [5.41, 5.74) is 2.05. The number of aromatic nitrogens is 3. The highest BCUT2D eigenvalue weighted by atomic mass is 79.9. The number of pyridine rings is 1. The fourth-order valence-electron chi connectivity index (χ4n) is 1.59. The molecule has 88 valence electrons. The largest absolute Gasteiger partial charge is 0.353 e. The molecular formula is C12H13BrN4. The third kappa shape index (κ3) is 3.00. The van der Waals surface area contributed by atoms with Gasteiger partial charge in [0.1, 0.15) is 12.1 Å². The summed E-state index contributed by atoms with van der Waals surface area (Å²) in [6, 6.07) is 6.02. The zero-order chi connectivity index (χ0) is 12.3. The van der Waals surface area contributed by atoms with Crippen molar-refractivity contribution in [2.45, 2.75) is 13.5 Å². The fourth-order valence-corrected chi connectivity index (χ4v) is 2.12. The van der Waals surface area contributed by atoms with E-state index in [-0.39, 0.29) is 0 Å². The fraction of sp³-hybridized carbons (Fsp3) is 0.250. The third-order valence-electron chi connectivity index (χ3n) is 2.35. The number of rotatable bonds is 3. The van der Waals surface area contributed by atoms with Crippen LogP contribution in [-0.2, 0) is 6.54 Å². The van der Waals surface area contributed by atoms with Gasteiger partial charge < -0.3 is 4.90 Å². The molecule has 0 spiro atoms. The van der Waals surface area contributed by atoms with Crippen LogP contribution in [0.5, 0.6) is 0 Å². The summed E-state index contributed by atoms with van der Waals surface area (Å²) in [4.78, 5) is 14.7. The second-order valence-electron chi connectivity index (χ2n) is 3.82. The number of halogens is 1. The molecule has 5 heteroatoms. The molecule has 0 amide bonds. The quantitative estimate of drug-likeness (QED) is 0.872. The molecule has 0 saturated carbocycles. The van der Waals surface area contributed by atoms with Crippen molar-refractivity contribution in [3.63, 3.8) is 0 Å². The van der Waals surface area contributed by atoms with Crippen LogP contribution in [0.25, 0.3) is 0 Å². The molecule has 0 atom stereocenters. The third-order valence-corrected chi connectivity index (χ3v) is 2.91. The van der Waals surface area contributed by atoms with E-state index >= 15 is 0 Å². The molecule has 2 heterocycles. The highest BCUT2D eigenvalue weighted by Crippen LogP contribution is 2.21. The molecule has 17 heavy (non-hydrogen) atoms. The Labute approximate surface area is 109 Å². The standard InChI is InChI=1S/C12H13BrN4/c1-9-4-3-5-10(16-9)7-17(2)12-11(13)6-14-8-15-12/h3-6,8H,7H2,1-2H3. The minimum absolute atomic E-state index is 0.720. The van der Waals surface area contributed by atoms with E-state index in [0.717, 1.165) is 28.2 Å². The molecule has 0 aromatic carbocycles. The van der Waals surface area contributed by atoms with Gasteiger partial charge in [-0.2, -0.15) is 0 Å². The predicted molar refractivity (Wildman–Crippen MR) is 70.8 cm³/mol. The normalized spacial score (nSPS) is 10.3. The number of anilines is 1. The number of nitrogens with zero attached hydrogens (tertiary/aromatic N) is 4. The molecule has 4 nitrogen and oxygen atoms in total. The first-order chi connectivity index (χ1) is 8.16. The average Bonchev–Trinajstić information content (AvgIpc) is 2.29. The van der Waals surface area contributed by atoms with Gasteiger partial charge in [0.05, 0.1) is 16.7 Å². The SMILES string of the molecule is Cc1cccc(CN(C)c2ncncc2Br)n1. The Morgan fingerprint density at radius 1 is 1.35 bits per heavy atom. The average molecular weight is 293 g/mol. The molecule has 0 bridgehead atoms. The zero-order valence-electron chi connectivity index (χ0n) is 9.76. The van der Waals surface area contributed by atoms with Gasteiger partial charge in [0.2, 0.25) is 0 Å². The van der Waals surface area contributed by atoms with Crippen LogP contribution in [0.4, 0.5) is 5.82 Å². The van der Waals surface area contributed by atoms with E-state index in [1.165, 1.54) is 0 Å². The van der Waals surface area contributed by atoms with Crippen molar-refractivity contribution in [2.75, 3.05) is 11.9 Å². The maximum absolute atomic E-state index is 4.47. The molecule has 0 saturated heterocycles. The second-order valence-corrected chi connectivity index (χ2v) is 4.67. The summed E-state index contributed by atoms with van der Waals surface area (Å²) in [5, 5.41) is 0. The van der Waals surface area contributed by atoms with Crippen LogP contribution >= 0.6 is 15.9 Å². The summed E-state index contributed by atoms with van der Waals surface area (Å²) in [7, 11) is 1.98. The molecule has 0 aliphatic heterocycles. The monoisotopic (exact) mass is 292 g/mol. The molecule has 0 aliphatic rings. The molecule has 0 aliphatic carbocycles. The lowest BCUT2D eigenvalue weighted by Gasteiger charge is -2.18. The summed E-state index contributed by atoms with van der Waals surface area (Å²) in [6.07, 6.45) is 3.28. The lowest BCUT2D eigenvalue weighted by molar-refractivity contribution is 0.851. The van der Waals surface area contributed by atoms with Gasteiger partial charge in [0.15, 0.2) is 0 Å². The van der Waals surface area contributed by atoms with Crippen LogP contribution in [-0.4, -0.2) is 22.0 Å². The van der Waals surface area contributed by atoms with Crippen LogP contribution in [0.15, 0.2) is 35.2 Å². The van der Waals surface area contributed by atoms with Crippen molar-refractivity contribution in [3.8, 4) is 0 Å². The van der Waals surface area contributed by atoms with Crippen LogP contribution < -0.4 is 4.90 Å². The van der Waals surface area contributed by atoms with E-state index < -0.39 is 0 Å². The van der Waals surface area contributed by atoms with Crippen molar-refractivity contribution >= 4 is 21.7 Å². The Morgan fingerprint density at radius 3 is 2.88 bits per heavy atom. The Balaban J connectivity index is 2.17. The minimum atomic E-state index is 0.720. The summed E-state index contributed by atoms with van der Waals surface area (Å²) >= 11 is 3.44. The molecule has 2 aromatic rings. The number of hydrogen-bond acceptors (Lipinski definition) is 4. The highest BCUT2D eigenvalue weighted by molar-refractivity contribution is 9.10. The summed E-state index contributed by atoms with van der Waals surface area (Å²) < 4.78 is 0.884. The molecule has 0 fully saturated rings. The zero-order valence-corrected chi connectivity index (χ0v) is 11.3. The first-order valence-corrected chi connectivity index (χ1v) is 6.05. The van der Waals surface area contributed by atoms with E-state index in [1.54, 1.807) is 12.5 Å². The minimum Gasteiger partial charge on any atom is -0.353 e. The summed E-state index contributed by atoms with van der Waals surface area (Å²) in [5.74, 6) is 0.864. The van der Waals surface area contributed by atoms with Crippen LogP contribution in [0.1, 0.15) is 11.4 Å². The van der Waals surface area contributed by atoms with Crippen LogP contribution in [0.2, 0.25) is 0 Å². The Kier molecular flexibility index (Phi) is 3.68. The van der Waals surface area contributed by atoms with Crippen LogP contribution in [0, 0.1) is 6.92 Å². The van der Waals surface area contributed by atoms with Crippen LogP contribution in [0.3, 0.4) is 0 Å². The maximum Gasteiger partial charge on any atom is 0.146 e. The van der Waals surface area contributed by atoms with Crippen molar-refractivity contribution in [1.82, 2.24) is 15.0 Å². The van der Waals surface area contributed by atoms with Gasteiger partial charge in [-0.25, -0.2) is 9.97 Å². The van der Waals surface area contributed by atoms with Gasteiger partial charge in [-0.05, 0) is 35.0 Å². The lowest BCUT2D eigenvalue weighted by atomic mass is 10.3. The van der Waals surface area contributed by atoms with E-state index in [9.17, 15) is 0 Å². The smallest absolute Gasteiger partial charge is 0.146 e. The van der Waals surface area contributed by atoms with Gasteiger partial charge in [-0.15, -0.1) is 0 Å². The van der Waals surface area contributed by atoms with Gasteiger partial charge in [0.25, 0.3) is 0 Å². The van der Waals surface area contributed by atoms with Crippen molar-refractivity contribution in [2.24, 2.45) is 0 Å². The highest BCUT2D eigenvalue weighted by Gasteiger charge is 2.08. The Bertz CT molecular complexity index is 515. The molecule has 0 radical (unpaired) electrons. The second kappa shape index (κ2) is 5.23. The van der Waals surface area contributed by atoms with Crippen molar-refractivity contribution in [1.29, 1.82) is 0 Å². The lowest BCUT2D eigenvalue weighted by Crippen LogP contribution is -2.19. The van der Waals surface area contributed by atoms with Gasteiger partial charge >= 0.3 is 0 Å². The molecule has 0 unspecified atom stereocenters. The first kappa shape index (κ1) is 12.0. The van der Waals surface area contributed by atoms with Gasteiger partial charge in [-0.3, -0.25) is 4.98 Å². The first-order valence-electron chi connectivity index (χ1n) is 5.26. The maximum atomic E-state index is 4.47. The Morgan fingerprint density at radius 2 is 2.18 bits per heavy atom. The number of aryl methyl sites for hydroxylation is 1. The predicted octanol–water partition coefficient (Wildman–Crippen LogP) is 2.58. The topological polar surface area (TPSA) is 41.9 Å². The molecule has 0 N–H and O–H groups in total. The van der Waals surface area contributed by atoms with E-state index in [1.807, 2.05) is 37.1 Å². The molecule has 2 aromatic heterocycles. The van der Waals surface area contributed by atoms with E-state index in [0.29, 0.717) is 0 Å². The Hall–Kier alpha value is -1.49. The number of hydrogen-bond donors (Lipinski definition) is 0. The van der Waals surface area contributed by atoms with Gasteiger partial charge in [0, 0.05) is 18.9 Å². The molecular weight excluding hydrogens is 280 g/mol.